The largest absolute Gasteiger partial charge is 0.300 e. The lowest BCUT2D eigenvalue weighted by molar-refractivity contribution is 0.0778. The molecule has 0 spiro atoms. The molecule has 0 amide bonds. The number of aryl methyl sites for hydroxylation is 1. The van der Waals surface area contributed by atoms with E-state index >= 15 is 0 Å². The van der Waals surface area contributed by atoms with Gasteiger partial charge in [-0.1, -0.05) is 44.2 Å². The summed E-state index contributed by atoms with van der Waals surface area (Å²) < 4.78 is 0. The Kier molecular flexibility index (Phi) is 4.91. The third-order valence-electron chi connectivity index (χ3n) is 3.41. The van der Waals surface area contributed by atoms with E-state index in [0.29, 0.717) is 6.54 Å². The van der Waals surface area contributed by atoms with Crippen LogP contribution in [-0.4, -0.2) is 29.3 Å². The molecule has 0 bridgehead atoms. The van der Waals surface area contributed by atoms with Gasteiger partial charge in [0.1, 0.15) is 0 Å². The van der Waals surface area contributed by atoms with Gasteiger partial charge in [0.15, 0.2) is 5.78 Å². The molecule has 1 aromatic heterocycles. The molecule has 4 heteroatoms. The summed E-state index contributed by atoms with van der Waals surface area (Å²) in [5, 5.41) is 3.16. The zero-order valence-electron chi connectivity index (χ0n) is 13.1. The van der Waals surface area contributed by atoms with Crippen LogP contribution in [0.25, 0.3) is 0 Å². The minimum Gasteiger partial charge on any atom is -0.300 e. The standard InChI is InChI=1S/C17H22N2OS/c1-13-18-15(11-21-13)10-19(4)12-17(2,3)16(20)14-8-6-5-7-9-14/h5-9,11H,10,12H2,1-4H3. The van der Waals surface area contributed by atoms with E-state index in [1.807, 2.05) is 58.2 Å². The lowest BCUT2D eigenvalue weighted by Gasteiger charge is -2.28. The van der Waals surface area contributed by atoms with E-state index in [1.54, 1.807) is 11.3 Å². The zero-order valence-corrected chi connectivity index (χ0v) is 13.9. The molecule has 0 aliphatic rings. The lowest BCUT2D eigenvalue weighted by atomic mass is 9.84. The van der Waals surface area contributed by atoms with Gasteiger partial charge in [-0.15, -0.1) is 11.3 Å². The normalized spacial score (nSPS) is 11.9. The molecule has 0 atom stereocenters. The number of nitrogens with zero attached hydrogens (tertiary/aromatic N) is 2. The fraction of sp³-hybridized carbons (Fsp3) is 0.412. The van der Waals surface area contributed by atoms with E-state index in [9.17, 15) is 4.79 Å². The molecule has 2 aromatic rings. The Balaban J connectivity index is 2.01. The quantitative estimate of drug-likeness (QED) is 0.761. The highest BCUT2D eigenvalue weighted by atomic mass is 32.1. The third-order valence-corrected chi connectivity index (χ3v) is 4.24. The molecule has 1 heterocycles. The molecule has 0 fully saturated rings. The molecular formula is C17H22N2OS. The number of aromatic nitrogens is 1. The van der Waals surface area contributed by atoms with E-state index in [-0.39, 0.29) is 5.78 Å². The first-order valence-electron chi connectivity index (χ1n) is 7.08. The molecule has 0 N–H and O–H groups in total. The average molecular weight is 302 g/mol. The number of carbonyl (C=O) groups is 1. The maximum atomic E-state index is 12.6. The number of thiazole rings is 1. The summed E-state index contributed by atoms with van der Waals surface area (Å²) in [6.45, 7) is 7.50. The summed E-state index contributed by atoms with van der Waals surface area (Å²) in [5.74, 6) is 0.185. The highest BCUT2D eigenvalue weighted by molar-refractivity contribution is 7.09. The first-order valence-corrected chi connectivity index (χ1v) is 7.96. The second-order valence-electron chi connectivity index (χ2n) is 6.11. The van der Waals surface area contributed by atoms with Crippen molar-refractivity contribution < 1.29 is 4.79 Å². The van der Waals surface area contributed by atoms with E-state index in [2.05, 4.69) is 15.3 Å². The summed E-state index contributed by atoms with van der Waals surface area (Å²) in [4.78, 5) is 19.3. The summed E-state index contributed by atoms with van der Waals surface area (Å²) in [6, 6.07) is 9.51. The van der Waals surface area contributed by atoms with E-state index in [1.165, 1.54) is 0 Å². The van der Waals surface area contributed by atoms with Gasteiger partial charge in [-0.3, -0.25) is 9.69 Å². The van der Waals surface area contributed by atoms with E-state index < -0.39 is 5.41 Å². The fourth-order valence-electron chi connectivity index (χ4n) is 2.54. The summed E-state index contributed by atoms with van der Waals surface area (Å²) in [6.07, 6.45) is 0. The summed E-state index contributed by atoms with van der Waals surface area (Å²) in [7, 11) is 2.04. The van der Waals surface area contributed by atoms with Crippen LogP contribution in [0.3, 0.4) is 0 Å². The minimum atomic E-state index is -0.416. The number of ketones is 1. The second-order valence-corrected chi connectivity index (χ2v) is 7.17. The van der Waals surface area contributed by atoms with Gasteiger partial charge >= 0.3 is 0 Å². The smallest absolute Gasteiger partial charge is 0.169 e. The number of Topliss-reactive ketones (excluding diaryl/α,β-unsaturated/α-hetero) is 1. The molecule has 0 saturated heterocycles. The summed E-state index contributed by atoms with van der Waals surface area (Å²) in [5.41, 5.74) is 1.43. The van der Waals surface area contributed by atoms with Crippen molar-refractivity contribution in [3.63, 3.8) is 0 Å². The Labute approximate surface area is 130 Å². The van der Waals surface area contributed by atoms with Crippen molar-refractivity contribution in [2.75, 3.05) is 13.6 Å². The Morgan fingerprint density at radius 1 is 1.29 bits per heavy atom. The van der Waals surface area contributed by atoms with Gasteiger partial charge in [-0.05, 0) is 14.0 Å². The number of hydrogen-bond donors (Lipinski definition) is 0. The van der Waals surface area contributed by atoms with Gasteiger partial charge in [0, 0.05) is 29.4 Å². The number of hydrogen-bond acceptors (Lipinski definition) is 4. The minimum absolute atomic E-state index is 0.185. The summed E-state index contributed by atoms with van der Waals surface area (Å²) >= 11 is 1.66. The number of rotatable bonds is 6. The van der Waals surface area contributed by atoms with Crippen molar-refractivity contribution in [2.45, 2.75) is 27.3 Å². The molecular weight excluding hydrogens is 280 g/mol. The first kappa shape index (κ1) is 15.9. The molecule has 112 valence electrons. The van der Waals surface area contributed by atoms with Gasteiger partial charge in [0.25, 0.3) is 0 Å². The van der Waals surface area contributed by atoms with Gasteiger partial charge in [-0.25, -0.2) is 4.98 Å². The van der Waals surface area contributed by atoms with Gasteiger partial charge in [-0.2, -0.15) is 0 Å². The monoisotopic (exact) mass is 302 g/mol. The molecule has 0 radical (unpaired) electrons. The maximum Gasteiger partial charge on any atom is 0.169 e. The van der Waals surface area contributed by atoms with Crippen LogP contribution < -0.4 is 0 Å². The van der Waals surface area contributed by atoms with E-state index in [0.717, 1.165) is 22.8 Å². The van der Waals surface area contributed by atoms with Crippen molar-refractivity contribution in [1.82, 2.24) is 9.88 Å². The van der Waals surface area contributed by atoms with Gasteiger partial charge in [0.2, 0.25) is 0 Å². The second kappa shape index (κ2) is 6.50. The predicted octanol–water partition coefficient (Wildman–Crippen LogP) is 3.79. The maximum absolute atomic E-state index is 12.6. The third kappa shape index (κ3) is 4.22. The Bertz CT molecular complexity index is 604. The van der Waals surface area contributed by atoms with Crippen molar-refractivity contribution in [1.29, 1.82) is 0 Å². The van der Waals surface area contributed by atoms with Gasteiger partial charge in [0.05, 0.1) is 10.7 Å². The highest BCUT2D eigenvalue weighted by Gasteiger charge is 2.29. The molecule has 0 aliphatic carbocycles. The van der Waals surface area contributed by atoms with Crippen LogP contribution in [0.2, 0.25) is 0 Å². The van der Waals surface area contributed by atoms with Crippen LogP contribution in [0, 0.1) is 12.3 Å². The van der Waals surface area contributed by atoms with Crippen LogP contribution in [0.15, 0.2) is 35.7 Å². The predicted molar refractivity (Wildman–Crippen MR) is 87.7 cm³/mol. The van der Waals surface area contributed by atoms with Gasteiger partial charge < -0.3 is 0 Å². The Morgan fingerprint density at radius 2 is 1.95 bits per heavy atom. The lowest BCUT2D eigenvalue weighted by Crippen LogP contribution is -2.37. The van der Waals surface area contributed by atoms with Crippen LogP contribution in [0.1, 0.15) is 34.9 Å². The van der Waals surface area contributed by atoms with Crippen molar-refractivity contribution in [2.24, 2.45) is 5.41 Å². The Morgan fingerprint density at radius 3 is 2.52 bits per heavy atom. The van der Waals surface area contributed by atoms with Crippen molar-refractivity contribution in [3.05, 3.63) is 52.0 Å². The van der Waals surface area contributed by atoms with Crippen molar-refractivity contribution >= 4 is 17.1 Å². The highest BCUT2D eigenvalue weighted by Crippen LogP contribution is 2.23. The average Bonchev–Trinajstić information content (AvgIpc) is 2.83. The van der Waals surface area contributed by atoms with Crippen LogP contribution in [-0.2, 0) is 6.54 Å². The number of carbonyl (C=O) groups excluding carboxylic acids is 1. The zero-order chi connectivity index (χ0) is 15.5. The molecule has 0 unspecified atom stereocenters. The van der Waals surface area contributed by atoms with E-state index in [4.69, 9.17) is 0 Å². The van der Waals surface area contributed by atoms with Crippen LogP contribution in [0.5, 0.6) is 0 Å². The molecule has 0 aliphatic heterocycles. The SMILES string of the molecule is Cc1nc(CN(C)CC(C)(C)C(=O)c2ccccc2)cs1. The van der Waals surface area contributed by atoms with Crippen LogP contribution >= 0.6 is 11.3 Å². The number of benzene rings is 1. The molecule has 0 saturated carbocycles. The molecule has 21 heavy (non-hydrogen) atoms. The topological polar surface area (TPSA) is 33.2 Å². The van der Waals surface area contributed by atoms with Crippen molar-refractivity contribution in [3.8, 4) is 0 Å². The first-order chi connectivity index (χ1) is 9.88. The Hall–Kier alpha value is -1.52. The fourth-order valence-corrected chi connectivity index (χ4v) is 3.14. The molecule has 1 aromatic carbocycles. The van der Waals surface area contributed by atoms with Crippen LogP contribution in [0.4, 0.5) is 0 Å². The molecule has 3 nitrogen and oxygen atoms in total. The molecule has 2 rings (SSSR count).